The van der Waals surface area contributed by atoms with Crippen LogP contribution in [0.4, 0.5) is 0 Å². The minimum atomic E-state index is 0.327. The van der Waals surface area contributed by atoms with Crippen LogP contribution in [0.2, 0.25) is 0 Å². The third kappa shape index (κ3) is 3.44. The van der Waals surface area contributed by atoms with Gasteiger partial charge in [0, 0.05) is 12.3 Å². The van der Waals surface area contributed by atoms with Crippen LogP contribution in [0.25, 0.3) is 0 Å². The fraction of sp³-hybridized carbons (Fsp3) is 0.889. The summed E-state index contributed by atoms with van der Waals surface area (Å²) < 4.78 is 0. The van der Waals surface area contributed by atoms with Crippen molar-refractivity contribution in [3.8, 4) is 0 Å². The normalized spacial score (nSPS) is 22.2. The van der Waals surface area contributed by atoms with Crippen LogP contribution in [0.15, 0.2) is 0 Å². The van der Waals surface area contributed by atoms with Crippen LogP contribution < -0.4 is 5.73 Å². The number of thioether (sulfide) groups is 1. The van der Waals surface area contributed by atoms with Crippen molar-refractivity contribution in [1.29, 1.82) is 0 Å². The first-order chi connectivity index (χ1) is 6.25. The van der Waals surface area contributed by atoms with E-state index in [-0.39, 0.29) is 0 Å². The Morgan fingerprint density at radius 2 is 2.31 bits per heavy atom. The van der Waals surface area contributed by atoms with Crippen LogP contribution in [-0.2, 0) is 0 Å². The number of hydrogen-bond acceptors (Lipinski definition) is 3. The lowest BCUT2D eigenvalue weighted by atomic mass is 10.2. The maximum atomic E-state index is 5.71. The molecule has 1 saturated heterocycles. The van der Waals surface area contributed by atoms with Gasteiger partial charge < -0.3 is 5.73 Å². The van der Waals surface area contributed by atoms with Crippen molar-refractivity contribution in [3.05, 3.63) is 0 Å². The molecular formula is C9H18N2S2. The van der Waals surface area contributed by atoms with Crippen LogP contribution in [0.5, 0.6) is 0 Å². The zero-order valence-electron chi connectivity index (χ0n) is 8.16. The highest BCUT2D eigenvalue weighted by molar-refractivity contribution is 7.99. The van der Waals surface area contributed by atoms with Crippen molar-refractivity contribution in [3.63, 3.8) is 0 Å². The molecule has 0 aromatic rings. The number of nitrogens with zero attached hydrogens (tertiary/aromatic N) is 1. The van der Waals surface area contributed by atoms with E-state index in [4.69, 9.17) is 18.0 Å². The Bertz CT molecular complexity index is 165. The van der Waals surface area contributed by atoms with Gasteiger partial charge in [-0.25, -0.2) is 0 Å². The average Bonchev–Trinajstić information content (AvgIpc) is 2.33. The van der Waals surface area contributed by atoms with E-state index >= 15 is 0 Å². The molecule has 0 radical (unpaired) electrons. The Hall–Kier alpha value is 0.200. The molecule has 0 spiro atoms. The number of hydrogen-bond donors (Lipinski definition) is 1. The van der Waals surface area contributed by atoms with Crippen molar-refractivity contribution in [2.45, 2.75) is 25.8 Å². The van der Waals surface area contributed by atoms with Gasteiger partial charge in [-0.2, -0.15) is 11.8 Å². The summed E-state index contributed by atoms with van der Waals surface area (Å²) in [6, 6.07) is 0.327. The second-order valence-corrected chi connectivity index (χ2v) is 5.02. The lowest BCUT2D eigenvalue weighted by Gasteiger charge is -2.28. The first-order valence-corrected chi connectivity index (χ1v) is 6.43. The molecule has 1 unspecified atom stereocenters. The minimum Gasteiger partial charge on any atom is -0.392 e. The quantitative estimate of drug-likeness (QED) is 0.727. The summed E-state index contributed by atoms with van der Waals surface area (Å²) in [7, 11) is 0. The Labute approximate surface area is 90.2 Å². The summed E-state index contributed by atoms with van der Waals surface area (Å²) >= 11 is 7.10. The highest BCUT2D eigenvalue weighted by Gasteiger charge is 2.19. The molecule has 0 aliphatic carbocycles. The lowest BCUT2D eigenvalue weighted by Crippen LogP contribution is -2.44. The van der Waals surface area contributed by atoms with Gasteiger partial charge in [-0.3, -0.25) is 4.90 Å². The van der Waals surface area contributed by atoms with Crippen molar-refractivity contribution in [1.82, 2.24) is 4.90 Å². The van der Waals surface area contributed by atoms with E-state index in [1.807, 2.05) is 11.8 Å². The molecule has 0 bridgehead atoms. The van der Waals surface area contributed by atoms with Gasteiger partial charge in [0.15, 0.2) is 0 Å². The van der Waals surface area contributed by atoms with E-state index in [9.17, 15) is 0 Å². The van der Waals surface area contributed by atoms with Crippen LogP contribution in [-0.4, -0.2) is 40.5 Å². The molecule has 0 aromatic heterocycles. The van der Waals surface area contributed by atoms with E-state index in [1.54, 1.807) is 0 Å². The van der Waals surface area contributed by atoms with Gasteiger partial charge in [-0.1, -0.05) is 19.1 Å². The van der Waals surface area contributed by atoms with Crippen LogP contribution in [0, 0.1) is 0 Å². The summed E-state index contributed by atoms with van der Waals surface area (Å²) in [6.45, 7) is 4.45. The van der Waals surface area contributed by atoms with Gasteiger partial charge in [-0.05, 0) is 25.1 Å². The average molecular weight is 218 g/mol. The molecule has 4 heteroatoms. The maximum absolute atomic E-state index is 5.71. The summed E-state index contributed by atoms with van der Waals surface area (Å²) in [4.78, 5) is 3.09. The summed E-state index contributed by atoms with van der Waals surface area (Å²) in [5, 5.41) is 0. The Kier molecular flexibility index (Phi) is 5.06. The highest BCUT2D eigenvalue weighted by atomic mass is 32.2. The minimum absolute atomic E-state index is 0.327. The van der Waals surface area contributed by atoms with E-state index in [0.717, 1.165) is 19.5 Å². The summed E-state index contributed by atoms with van der Waals surface area (Å²) in [5.74, 6) is 2.50. The molecule has 1 rings (SSSR count). The van der Waals surface area contributed by atoms with Crippen LogP contribution in [0.1, 0.15) is 19.8 Å². The number of thiocarbonyl (C=S) groups is 1. The molecule has 76 valence electrons. The second kappa shape index (κ2) is 5.83. The monoisotopic (exact) mass is 218 g/mol. The zero-order valence-corrected chi connectivity index (χ0v) is 9.79. The predicted molar refractivity (Wildman–Crippen MR) is 64.4 cm³/mol. The molecule has 2 nitrogen and oxygen atoms in total. The first-order valence-electron chi connectivity index (χ1n) is 4.86. The fourth-order valence-corrected chi connectivity index (χ4v) is 2.93. The molecule has 1 aliphatic rings. The first kappa shape index (κ1) is 11.3. The summed E-state index contributed by atoms with van der Waals surface area (Å²) in [6.07, 6.45) is 2.31. The molecule has 1 atom stereocenters. The van der Waals surface area contributed by atoms with Crippen molar-refractivity contribution in [2.75, 3.05) is 24.6 Å². The maximum Gasteiger partial charge on any atom is 0.0901 e. The van der Waals surface area contributed by atoms with E-state index in [0.29, 0.717) is 11.0 Å². The molecule has 1 heterocycles. The largest absolute Gasteiger partial charge is 0.392 e. The standard InChI is InChI=1S/C9H18N2S2/c1-2-8(9(10)12)11-4-3-6-13-7-5-11/h8H,2-7H2,1H3,(H2,10,12). The Morgan fingerprint density at radius 1 is 1.54 bits per heavy atom. The molecule has 0 aromatic carbocycles. The molecule has 1 fully saturated rings. The molecule has 13 heavy (non-hydrogen) atoms. The van der Waals surface area contributed by atoms with Gasteiger partial charge in [-0.15, -0.1) is 0 Å². The summed E-state index contributed by atoms with van der Waals surface area (Å²) in [5.41, 5.74) is 5.71. The topological polar surface area (TPSA) is 29.3 Å². The van der Waals surface area contributed by atoms with Crippen molar-refractivity contribution >= 4 is 29.0 Å². The molecule has 0 saturated carbocycles. The van der Waals surface area contributed by atoms with E-state index in [1.165, 1.54) is 17.9 Å². The van der Waals surface area contributed by atoms with Crippen LogP contribution >= 0.6 is 24.0 Å². The van der Waals surface area contributed by atoms with E-state index < -0.39 is 0 Å². The molecule has 0 amide bonds. The highest BCUT2D eigenvalue weighted by Crippen LogP contribution is 2.14. The number of nitrogens with two attached hydrogens (primary N) is 1. The van der Waals surface area contributed by atoms with Crippen molar-refractivity contribution < 1.29 is 0 Å². The van der Waals surface area contributed by atoms with Gasteiger partial charge >= 0.3 is 0 Å². The predicted octanol–water partition coefficient (Wildman–Crippen LogP) is 1.49. The van der Waals surface area contributed by atoms with Gasteiger partial charge in [0.1, 0.15) is 0 Å². The second-order valence-electron chi connectivity index (χ2n) is 3.33. The fourth-order valence-electron chi connectivity index (χ4n) is 1.72. The lowest BCUT2D eigenvalue weighted by molar-refractivity contribution is 0.256. The molecule has 2 N–H and O–H groups in total. The third-order valence-corrected chi connectivity index (χ3v) is 3.73. The van der Waals surface area contributed by atoms with E-state index in [2.05, 4.69) is 11.8 Å². The SMILES string of the molecule is CCC(C(N)=S)N1CCCSCC1. The van der Waals surface area contributed by atoms with Gasteiger partial charge in [0.2, 0.25) is 0 Å². The van der Waals surface area contributed by atoms with Gasteiger partial charge in [0.25, 0.3) is 0 Å². The van der Waals surface area contributed by atoms with Gasteiger partial charge in [0.05, 0.1) is 11.0 Å². The third-order valence-electron chi connectivity index (χ3n) is 2.41. The Balaban J connectivity index is 2.50. The molecular weight excluding hydrogens is 200 g/mol. The Morgan fingerprint density at radius 3 is 2.92 bits per heavy atom. The smallest absolute Gasteiger partial charge is 0.0901 e. The number of rotatable bonds is 3. The van der Waals surface area contributed by atoms with Crippen molar-refractivity contribution in [2.24, 2.45) is 5.73 Å². The van der Waals surface area contributed by atoms with Crippen LogP contribution in [0.3, 0.4) is 0 Å². The zero-order chi connectivity index (χ0) is 9.68. The molecule has 1 aliphatic heterocycles.